The van der Waals surface area contributed by atoms with E-state index in [-0.39, 0.29) is 16.4 Å². The van der Waals surface area contributed by atoms with E-state index in [1.54, 1.807) is 45.2 Å². The van der Waals surface area contributed by atoms with E-state index in [4.69, 9.17) is 0 Å². The topological polar surface area (TPSA) is 88.5 Å². The molecule has 1 N–H and O–H groups in total. The van der Waals surface area contributed by atoms with Crippen LogP contribution >= 0.6 is 0 Å². The van der Waals surface area contributed by atoms with Crippen molar-refractivity contribution in [1.29, 1.82) is 0 Å². The summed E-state index contributed by atoms with van der Waals surface area (Å²) in [6.45, 7) is 5.68. The molecule has 7 nitrogen and oxygen atoms in total. The van der Waals surface area contributed by atoms with Crippen LogP contribution < -0.4 is 5.32 Å². The van der Waals surface area contributed by atoms with Gasteiger partial charge in [-0.3, -0.25) is 9.59 Å². The molecule has 1 heterocycles. The molecule has 0 bridgehead atoms. The second-order valence-corrected chi connectivity index (χ2v) is 7.79. The first-order valence-corrected chi connectivity index (χ1v) is 9.73. The third-order valence-corrected chi connectivity index (χ3v) is 6.10. The van der Waals surface area contributed by atoms with Gasteiger partial charge in [0.15, 0.2) is 5.78 Å². The number of carbonyl (C=O) groups is 2. The minimum Gasteiger partial charge on any atom is -0.345 e. The molecule has 1 aromatic heterocycles. The highest BCUT2D eigenvalue weighted by Crippen LogP contribution is 2.20. The van der Waals surface area contributed by atoms with Crippen molar-refractivity contribution in [1.82, 2.24) is 8.87 Å². The number of sulfonamides is 1. The van der Waals surface area contributed by atoms with Gasteiger partial charge in [0.2, 0.25) is 10.0 Å². The normalized spacial score (nSPS) is 11.6. The Labute approximate surface area is 153 Å². The standard InChI is InChI=1S/C18H23N3O4S/c1-5-21(6-2)26(24,25)16-11-17(20(4)12-16)18(23)19-15-9-7-8-14(10-15)13(3)22/h7-12H,5-6H2,1-4H3,(H,19,23). The van der Waals surface area contributed by atoms with Crippen molar-refractivity contribution >= 4 is 27.4 Å². The van der Waals surface area contributed by atoms with Gasteiger partial charge in [-0.05, 0) is 25.1 Å². The van der Waals surface area contributed by atoms with Crippen molar-refractivity contribution in [2.45, 2.75) is 25.7 Å². The molecule has 26 heavy (non-hydrogen) atoms. The van der Waals surface area contributed by atoms with Crippen LogP contribution in [0.5, 0.6) is 0 Å². The number of aromatic nitrogens is 1. The SMILES string of the molecule is CCN(CC)S(=O)(=O)c1cc(C(=O)Nc2cccc(C(C)=O)c2)n(C)c1. The maximum absolute atomic E-state index is 12.6. The van der Waals surface area contributed by atoms with Gasteiger partial charge in [0.05, 0.1) is 0 Å². The maximum Gasteiger partial charge on any atom is 0.272 e. The second kappa shape index (κ2) is 7.84. The molecule has 2 rings (SSSR count). The Morgan fingerprint density at radius 1 is 1.15 bits per heavy atom. The van der Waals surface area contributed by atoms with Crippen LogP contribution in [0.15, 0.2) is 41.4 Å². The van der Waals surface area contributed by atoms with Gasteiger partial charge < -0.3 is 9.88 Å². The van der Waals surface area contributed by atoms with E-state index in [1.807, 2.05) is 0 Å². The molecule has 0 unspecified atom stereocenters. The summed E-state index contributed by atoms with van der Waals surface area (Å²) in [6.07, 6.45) is 1.43. The number of carbonyl (C=O) groups excluding carboxylic acids is 2. The first-order valence-electron chi connectivity index (χ1n) is 8.29. The smallest absolute Gasteiger partial charge is 0.272 e. The lowest BCUT2D eigenvalue weighted by Crippen LogP contribution is -2.30. The number of anilines is 1. The number of Topliss-reactive ketones (excluding diaryl/α,β-unsaturated/α-hetero) is 1. The maximum atomic E-state index is 12.6. The third kappa shape index (κ3) is 4.03. The van der Waals surface area contributed by atoms with Gasteiger partial charge in [0, 0.05) is 37.6 Å². The van der Waals surface area contributed by atoms with Gasteiger partial charge in [-0.15, -0.1) is 0 Å². The number of benzene rings is 1. The largest absolute Gasteiger partial charge is 0.345 e. The molecule has 0 spiro atoms. The summed E-state index contributed by atoms with van der Waals surface area (Å²) in [6, 6.07) is 7.94. The zero-order valence-electron chi connectivity index (χ0n) is 15.3. The van der Waals surface area contributed by atoms with E-state index < -0.39 is 15.9 Å². The molecule has 0 aliphatic carbocycles. The van der Waals surface area contributed by atoms with Crippen LogP contribution in [0.2, 0.25) is 0 Å². The van der Waals surface area contributed by atoms with Crippen LogP contribution in [0.25, 0.3) is 0 Å². The van der Waals surface area contributed by atoms with E-state index in [1.165, 1.54) is 28.1 Å². The molecule has 1 aromatic carbocycles. The van der Waals surface area contributed by atoms with E-state index in [0.29, 0.717) is 24.3 Å². The molecule has 0 aliphatic rings. The van der Waals surface area contributed by atoms with Gasteiger partial charge in [-0.25, -0.2) is 8.42 Å². The van der Waals surface area contributed by atoms with Crippen LogP contribution in [-0.2, 0) is 17.1 Å². The Morgan fingerprint density at radius 2 is 1.81 bits per heavy atom. The number of ketones is 1. The highest BCUT2D eigenvalue weighted by molar-refractivity contribution is 7.89. The molecule has 0 fully saturated rings. The zero-order valence-corrected chi connectivity index (χ0v) is 16.1. The molecular weight excluding hydrogens is 354 g/mol. The van der Waals surface area contributed by atoms with Gasteiger partial charge in [0.25, 0.3) is 5.91 Å². The van der Waals surface area contributed by atoms with Crippen molar-refractivity contribution in [2.75, 3.05) is 18.4 Å². The Bertz CT molecular complexity index is 928. The molecule has 0 atom stereocenters. The molecule has 0 aliphatic heterocycles. The molecular formula is C18H23N3O4S. The highest BCUT2D eigenvalue weighted by Gasteiger charge is 2.25. The van der Waals surface area contributed by atoms with Crippen LogP contribution in [0.4, 0.5) is 5.69 Å². The highest BCUT2D eigenvalue weighted by atomic mass is 32.2. The summed E-state index contributed by atoms with van der Waals surface area (Å²) in [5, 5.41) is 2.70. The molecule has 2 aromatic rings. The molecule has 0 saturated carbocycles. The molecule has 8 heteroatoms. The third-order valence-electron chi connectivity index (χ3n) is 4.08. The predicted octanol–water partition coefficient (Wildman–Crippen LogP) is 2.51. The Kier molecular flexibility index (Phi) is 5.99. The van der Waals surface area contributed by atoms with E-state index >= 15 is 0 Å². The van der Waals surface area contributed by atoms with Crippen LogP contribution in [0.1, 0.15) is 41.6 Å². The molecule has 140 valence electrons. The summed E-state index contributed by atoms with van der Waals surface area (Å²) in [4.78, 5) is 24.1. The lowest BCUT2D eigenvalue weighted by molar-refractivity contribution is 0.100. The van der Waals surface area contributed by atoms with Crippen molar-refractivity contribution < 1.29 is 18.0 Å². The van der Waals surface area contributed by atoms with Crippen LogP contribution in [-0.4, -0.2) is 42.1 Å². The number of rotatable bonds is 7. The number of nitrogens with one attached hydrogen (secondary N) is 1. The predicted molar refractivity (Wildman–Crippen MR) is 99.9 cm³/mol. The van der Waals surface area contributed by atoms with Crippen molar-refractivity contribution in [3.8, 4) is 0 Å². The second-order valence-electron chi connectivity index (χ2n) is 5.85. The first-order chi connectivity index (χ1) is 12.2. The number of aryl methyl sites for hydroxylation is 1. The fourth-order valence-electron chi connectivity index (χ4n) is 2.62. The average molecular weight is 377 g/mol. The van der Waals surface area contributed by atoms with Crippen molar-refractivity contribution in [2.24, 2.45) is 7.05 Å². The fourth-order valence-corrected chi connectivity index (χ4v) is 4.15. The summed E-state index contributed by atoms with van der Waals surface area (Å²) in [7, 11) is -2.03. The van der Waals surface area contributed by atoms with Crippen molar-refractivity contribution in [3.05, 3.63) is 47.8 Å². The van der Waals surface area contributed by atoms with Gasteiger partial charge in [0.1, 0.15) is 10.6 Å². The first kappa shape index (κ1) is 19.9. The van der Waals surface area contributed by atoms with Crippen LogP contribution in [0, 0.1) is 0 Å². The summed E-state index contributed by atoms with van der Waals surface area (Å²) < 4.78 is 28.0. The lowest BCUT2D eigenvalue weighted by Gasteiger charge is -2.17. The van der Waals surface area contributed by atoms with Gasteiger partial charge in [-0.2, -0.15) is 4.31 Å². The monoisotopic (exact) mass is 377 g/mol. The van der Waals surface area contributed by atoms with E-state index in [0.717, 1.165) is 0 Å². The fraction of sp³-hybridized carbons (Fsp3) is 0.333. The Balaban J connectivity index is 2.30. The molecule has 0 saturated heterocycles. The van der Waals surface area contributed by atoms with Crippen molar-refractivity contribution in [3.63, 3.8) is 0 Å². The van der Waals surface area contributed by atoms with E-state index in [9.17, 15) is 18.0 Å². The summed E-state index contributed by atoms with van der Waals surface area (Å²) in [5.41, 5.74) is 1.17. The Morgan fingerprint density at radius 3 is 2.38 bits per heavy atom. The number of hydrogen-bond acceptors (Lipinski definition) is 4. The quantitative estimate of drug-likeness (QED) is 0.751. The summed E-state index contributed by atoms with van der Waals surface area (Å²) >= 11 is 0. The van der Waals surface area contributed by atoms with Gasteiger partial charge in [-0.1, -0.05) is 26.0 Å². The average Bonchev–Trinajstić information content (AvgIpc) is 2.98. The number of hydrogen-bond donors (Lipinski definition) is 1. The number of nitrogens with zero attached hydrogens (tertiary/aromatic N) is 2. The summed E-state index contributed by atoms with van der Waals surface area (Å²) in [5.74, 6) is -0.554. The van der Waals surface area contributed by atoms with Crippen LogP contribution in [0.3, 0.4) is 0 Å². The minimum absolute atomic E-state index is 0.0753. The van der Waals surface area contributed by atoms with Gasteiger partial charge >= 0.3 is 0 Å². The minimum atomic E-state index is -3.64. The number of amides is 1. The van der Waals surface area contributed by atoms with E-state index in [2.05, 4.69) is 5.32 Å². The molecule has 1 amide bonds. The zero-order chi connectivity index (χ0) is 19.5. The lowest BCUT2D eigenvalue weighted by atomic mass is 10.1. The Hall–Kier alpha value is -2.45. The molecule has 0 radical (unpaired) electrons.